The molecule has 0 atom stereocenters. The van der Waals surface area contributed by atoms with Gasteiger partial charge in [-0.1, -0.05) is 7.43 Å². The average Bonchev–Trinajstić information content (AvgIpc) is 1.77. The molecule has 0 fully saturated rings. The molecule has 0 bridgehead atoms. The molecule has 0 aromatic carbocycles. The van der Waals surface area contributed by atoms with Gasteiger partial charge in [0.1, 0.15) is 5.75 Å². The highest BCUT2D eigenvalue weighted by atomic mass is 35.5. The van der Waals surface area contributed by atoms with Crippen LogP contribution >= 0.6 is 24.8 Å². The van der Waals surface area contributed by atoms with E-state index in [-0.39, 0.29) is 38.0 Å². The molecule has 0 unspecified atom stereocenters. The lowest BCUT2D eigenvalue weighted by molar-refractivity contribution is 0.467. The first-order chi connectivity index (χ1) is 3.80. The molecule has 0 aliphatic carbocycles. The standard InChI is InChI=1S/C6H7NO.CH4.2ClH/c1-5-6(8)3-2-4-7-5;;;/h2-4,8H,1H3;1H4;2*1H. The molecule has 0 aliphatic heterocycles. The van der Waals surface area contributed by atoms with E-state index in [1.54, 1.807) is 25.3 Å². The summed E-state index contributed by atoms with van der Waals surface area (Å²) in [4.78, 5) is 3.83. The molecule has 11 heavy (non-hydrogen) atoms. The summed E-state index contributed by atoms with van der Waals surface area (Å²) in [5.74, 6) is 0.257. The predicted molar refractivity (Wildman–Crippen MR) is 51.9 cm³/mol. The molecule has 2 nitrogen and oxygen atoms in total. The number of pyridine rings is 1. The van der Waals surface area contributed by atoms with Gasteiger partial charge in [0, 0.05) is 6.20 Å². The largest absolute Gasteiger partial charge is 0.506 e. The Morgan fingerprint density at radius 2 is 1.91 bits per heavy atom. The average molecular weight is 198 g/mol. The molecular weight excluding hydrogens is 185 g/mol. The minimum Gasteiger partial charge on any atom is -0.506 e. The molecule has 1 N–H and O–H groups in total. The molecular formula is C7H13Cl2NO. The Balaban J connectivity index is -0.000000213. The van der Waals surface area contributed by atoms with Crippen molar-refractivity contribution in [3.05, 3.63) is 24.0 Å². The van der Waals surface area contributed by atoms with Crippen molar-refractivity contribution in [1.82, 2.24) is 4.98 Å². The Morgan fingerprint density at radius 1 is 1.36 bits per heavy atom. The highest BCUT2D eigenvalue weighted by Crippen LogP contribution is 2.08. The fourth-order valence-corrected chi connectivity index (χ4v) is 0.476. The van der Waals surface area contributed by atoms with Gasteiger partial charge >= 0.3 is 0 Å². The second-order valence-corrected chi connectivity index (χ2v) is 1.61. The smallest absolute Gasteiger partial charge is 0.136 e. The molecule has 0 radical (unpaired) electrons. The number of aryl methyl sites for hydroxylation is 1. The van der Waals surface area contributed by atoms with E-state index in [0.29, 0.717) is 5.69 Å². The van der Waals surface area contributed by atoms with Crippen LogP contribution in [0.1, 0.15) is 13.1 Å². The summed E-state index contributed by atoms with van der Waals surface area (Å²) in [5.41, 5.74) is 0.674. The lowest BCUT2D eigenvalue weighted by Crippen LogP contribution is -1.76. The Kier molecular flexibility index (Phi) is 11.7. The van der Waals surface area contributed by atoms with Gasteiger partial charge in [0.25, 0.3) is 0 Å². The van der Waals surface area contributed by atoms with E-state index >= 15 is 0 Å². The van der Waals surface area contributed by atoms with Gasteiger partial charge in [-0.15, -0.1) is 24.8 Å². The van der Waals surface area contributed by atoms with Crippen LogP contribution in [0.4, 0.5) is 0 Å². The molecule has 0 amide bonds. The van der Waals surface area contributed by atoms with Crippen LogP contribution in [0.25, 0.3) is 0 Å². The highest BCUT2D eigenvalue weighted by molar-refractivity contribution is 5.85. The van der Waals surface area contributed by atoms with E-state index in [2.05, 4.69) is 4.98 Å². The molecule has 1 heterocycles. The van der Waals surface area contributed by atoms with E-state index in [4.69, 9.17) is 5.11 Å². The number of aromatic nitrogens is 1. The fourth-order valence-electron chi connectivity index (χ4n) is 0.476. The molecule has 0 aliphatic rings. The maximum atomic E-state index is 8.86. The normalized spacial score (nSPS) is 6.64. The van der Waals surface area contributed by atoms with E-state index in [1.807, 2.05) is 0 Å². The molecule has 66 valence electrons. The Bertz CT molecular complexity index is 173. The number of nitrogens with zero attached hydrogens (tertiary/aromatic N) is 1. The predicted octanol–water partition coefficient (Wildman–Crippen LogP) is 2.58. The van der Waals surface area contributed by atoms with Crippen molar-refractivity contribution in [2.24, 2.45) is 0 Å². The zero-order valence-electron chi connectivity index (χ0n) is 5.44. The minimum atomic E-state index is 0. The van der Waals surface area contributed by atoms with Crippen molar-refractivity contribution >= 4 is 24.8 Å². The van der Waals surface area contributed by atoms with Crippen LogP contribution in [0.5, 0.6) is 5.75 Å². The van der Waals surface area contributed by atoms with Crippen LogP contribution in [0.2, 0.25) is 0 Å². The van der Waals surface area contributed by atoms with Crippen LogP contribution in [0.15, 0.2) is 18.3 Å². The van der Waals surface area contributed by atoms with E-state index in [0.717, 1.165) is 0 Å². The zero-order chi connectivity index (χ0) is 5.98. The molecule has 0 saturated heterocycles. The van der Waals surface area contributed by atoms with Gasteiger partial charge in [0.05, 0.1) is 5.69 Å². The molecule has 0 spiro atoms. The molecule has 0 saturated carbocycles. The third-order valence-corrected chi connectivity index (χ3v) is 0.979. The molecule has 1 aromatic rings. The third kappa shape index (κ3) is 4.87. The molecule has 4 heteroatoms. The Hall–Kier alpha value is -0.470. The maximum Gasteiger partial charge on any atom is 0.136 e. The van der Waals surface area contributed by atoms with Crippen molar-refractivity contribution in [2.75, 3.05) is 0 Å². The summed E-state index contributed by atoms with van der Waals surface area (Å²) in [6, 6.07) is 3.31. The van der Waals surface area contributed by atoms with Crippen LogP contribution in [-0.2, 0) is 0 Å². The number of hydrogen-bond donors (Lipinski definition) is 1. The Morgan fingerprint density at radius 3 is 2.18 bits per heavy atom. The van der Waals surface area contributed by atoms with Crippen molar-refractivity contribution < 1.29 is 5.11 Å². The number of hydrogen-bond acceptors (Lipinski definition) is 2. The Labute approximate surface area is 79.5 Å². The monoisotopic (exact) mass is 197 g/mol. The van der Waals surface area contributed by atoms with Gasteiger partial charge in [-0.2, -0.15) is 0 Å². The van der Waals surface area contributed by atoms with Gasteiger partial charge in [-0.05, 0) is 19.1 Å². The van der Waals surface area contributed by atoms with Crippen LogP contribution in [0, 0.1) is 6.92 Å². The van der Waals surface area contributed by atoms with Gasteiger partial charge in [0.2, 0.25) is 0 Å². The van der Waals surface area contributed by atoms with Gasteiger partial charge in [-0.25, -0.2) is 0 Å². The number of aromatic hydroxyl groups is 1. The SMILES string of the molecule is C.Cc1ncccc1O.Cl.Cl. The third-order valence-electron chi connectivity index (χ3n) is 0.979. The first kappa shape index (κ1) is 16.9. The first-order valence-corrected chi connectivity index (χ1v) is 2.41. The summed E-state index contributed by atoms with van der Waals surface area (Å²) >= 11 is 0. The summed E-state index contributed by atoms with van der Waals surface area (Å²) < 4.78 is 0. The van der Waals surface area contributed by atoms with Crippen LogP contribution in [0.3, 0.4) is 0 Å². The molecule has 1 rings (SSSR count). The topological polar surface area (TPSA) is 33.1 Å². The molecule has 1 aromatic heterocycles. The lowest BCUT2D eigenvalue weighted by atomic mass is 10.3. The second-order valence-electron chi connectivity index (χ2n) is 1.61. The van der Waals surface area contributed by atoms with Crippen LogP contribution in [-0.4, -0.2) is 10.1 Å². The summed E-state index contributed by atoms with van der Waals surface area (Å²) in [6.45, 7) is 1.76. The van der Waals surface area contributed by atoms with Crippen molar-refractivity contribution in [3.8, 4) is 5.75 Å². The van der Waals surface area contributed by atoms with E-state index in [1.165, 1.54) is 0 Å². The zero-order valence-corrected chi connectivity index (χ0v) is 7.08. The van der Waals surface area contributed by atoms with Gasteiger partial charge in [-0.3, -0.25) is 4.98 Å². The minimum absolute atomic E-state index is 0. The maximum absolute atomic E-state index is 8.86. The number of halogens is 2. The summed E-state index contributed by atoms with van der Waals surface area (Å²) in [6.07, 6.45) is 1.65. The van der Waals surface area contributed by atoms with Gasteiger partial charge in [0.15, 0.2) is 0 Å². The summed E-state index contributed by atoms with van der Waals surface area (Å²) in [5, 5.41) is 8.86. The van der Waals surface area contributed by atoms with E-state index < -0.39 is 0 Å². The quantitative estimate of drug-likeness (QED) is 0.694. The second kappa shape index (κ2) is 7.63. The number of rotatable bonds is 0. The first-order valence-electron chi connectivity index (χ1n) is 2.41. The van der Waals surface area contributed by atoms with Crippen molar-refractivity contribution in [1.29, 1.82) is 0 Å². The lowest BCUT2D eigenvalue weighted by Gasteiger charge is -1.91. The summed E-state index contributed by atoms with van der Waals surface area (Å²) in [7, 11) is 0. The highest BCUT2D eigenvalue weighted by Gasteiger charge is 1.88. The van der Waals surface area contributed by atoms with Crippen molar-refractivity contribution in [3.63, 3.8) is 0 Å². The fraction of sp³-hybridized carbons (Fsp3) is 0.286. The van der Waals surface area contributed by atoms with Crippen molar-refractivity contribution in [2.45, 2.75) is 14.4 Å². The van der Waals surface area contributed by atoms with Crippen LogP contribution < -0.4 is 0 Å². The van der Waals surface area contributed by atoms with Gasteiger partial charge < -0.3 is 5.11 Å². The van der Waals surface area contributed by atoms with E-state index in [9.17, 15) is 0 Å².